The number of fused-ring (bicyclic) bond motifs is 14. The first-order chi connectivity index (χ1) is 59.5. The van der Waals surface area contributed by atoms with E-state index in [0.29, 0.717) is 11.6 Å². The second-order valence-corrected chi connectivity index (χ2v) is 30.8. The standard InChI is InChI=1S/2C56H36N4/c1-4-16-37(17-5-1)49-36-50(58-56(57-49)38-18-6-2-7-19-38)43-30-33-53(44-23-11-10-22-42(43)44)60-52-27-15-13-25-46(52)48-35-40(29-32-55(48)60)39-28-31-54-47(34-39)45-24-12-14-26-51(45)59(54)41-20-8-3-9-21-41;1-3-14-38(15-4-1)50-36-51(58-56(57-50)40-16-5-2-6-17-40)39-24-28-44(29-25-39)59-52-21-11-9-19-46(52)48-34-42(26-31-54(48)59)43-27-32-55-49(35-43)47-20-10-12-22-53(47)60(55)45-30-23-37-13-7-8-18-41(37)33-45/h2*1-36H. The molecule has 0 amide bonds. The van der Waals surface area contributed by atoms with Crippen LogP contribution in [-0.4, -0.2) is 38.2 Å². The lowest BCUT2D eigenvalue weighted by atomic mass is 9.98. The molecule has 0 saturated carbocycles. The molecule has 0 aliphatic rings. The lowest BCUT2D eigenvalue weighted by Gasteiger charge is -2.16. The summed E-state index contributed by atoms with van der Waals surface area (Å²) in [6.07, 6.45) is 0. The van der Waals surface area contributed by atoms with Crippen molar-refractivity contribution in [3.8, 4) is 113 Å². The van der Waals surface area contributed by atoms with Gasteiger partial charge < -0.3 is 18.3 Å². The van der Waals surface area contributed by atoms with E-state index < -0.39 is 0 Å². The third-order valence-corrected chi connectivity index (χ3v) is 23.9. The maximum atomic E-state index is 5.21. The van der Waals surface area contributed by atoms with Gasteiger partial charge in [-0.3, -0.25) is 0 Å². The van der Waals surface area contributed by atoms with Crippen LogP contribution in [0.1, 0.15) is 0 Å². The minimum atomic E-state index is 0.708. The first-order valence-electron chi connectivity index (χ1n) is 40.8. The summed E-state index contributed by atoms with van der Waals surface area (Å²) in [4.78, 5) is 20.3. The minimum absolute atomic E-state index is 0.708. The van der Waals surface area contributed by atoms with Crippen molar-refractivity contribution in [2.45, 2.75) is 0 Å². The molecule has 6 aromatic heterocycles. The van der Waals surface area contributed by atoms with E-state index in [1.165, 1.54) is 126 Å². The van der Waals surface area contributed by atoms with Gasteiger partial charge in [-0.2, -0.15) is 0 Å². The number of hydrogen-bond donors (Lipinski definition) is 0. The largest absolute Gasteiger partial charge is 0.309 e. The zero-order chi connectivity index (χ0) is 79.1. The Kier molecular flexibility index (Phi) is 16.7. The average Bonchev–Trinajstić information content (AvgIpc) is 1.58. The summed E-state index contributed by atoms with van der Waals surface area (Å²) < 4.78 is 9.58. The molecule has 0 aliphatic heterocycles. The zero-order valence-corrected chi connectivity index (χ0v) is 65.1. The molecule has 24 rings (SSSR count). The summed E-state index contributed by atoms with van der Waals surface area (Å²) in [6.45, 7) is 0. The van der Waals surface area contributed by atoms with Gasteiger partial charge in [-0.25, -0.2) is 19.9 Å². The number of benzene rings is 18. The maximum absolute atomic E-state index is 5.21. The van der Waals surface area contributed by atoms with Crippen LogP contribution in [0.25, 0.3) is 222 Å². The van der Waals surface area contributed by atoms with Crippen molar-refractivity contribution in [2.75, 3.05) is 0 Å². The molecule has 24 aromatic rings. The highest BCUT2D eigenvalue weighted by Crippen LogP contribution is 2.44. The van der Waals surface area contributed by atoms with E-state index >= 15 is 0 Å². The van der Waals surface area contributed by atoms with E-state index in [9.17, 15) is 0 Å². The fraction of sp³-hybridized carbons (Fsp3) is 0. The van der Waals surface area contributed by atoms with Crippen LogP contribution >= 0.6 is 0 Å². The molecule has 0 unspecified atom stereocenters. The molecule has 0 fully saturated rings. The van der Waals surface area contributed by atoms with Gasteiger partial charge in [0.25, 0.3) is 0 Å². The average molecular weight is 1530 g/mol. The van der Waals surface area contributed by atoms with Gasteiger partial charge in [-0.1, -0.05) is 309 Å². The Morgan fingerprint density at radius 2 is 0.450 bits per heavy atom. The van der Waals surface area contributed by atoms with E-state index in [-0.39, 0.29) is 0 Å². The molecule has 0 spiro atoms. The molecule has 0 radical (unpaired) electrons. The number of para-hydroxylation sites is 5. The van der Waals surface area contributed by atoms with Gasteiger partial charge in [0.05, 0.1) is 72.6 Å². The number of nitrogens with zero attached hydrogens (tertiary/aromatic N) is 8. The van der Waals surface area contributed by atoms with Gasteiger partial charge in [0, 0.05) is 98.9 Å². The van der Waals surface area contributed by atoms with E-state index in [1.807, 2.05) is 60.7 Å². The van der Waals surface area contributed by atoms with Crippen LogP contribution in [0, 0.1) is 0 Å². The lowest BCUT2D eigenvalue weighted by Crippen LogP contribution is -1.99. The van der Waals surface area contributed by atoms with Crippen molar-refractivity contribution in [3.05, 3.63) is 437 Å². The summed E-state index contributed by atoms with van der Waals surface area (Å²) >= 11 is 0. The van der Waals surface area contributed by atoms with Gasteiger partial charge in [0.1, 0.15) is 0 Å². The SMILES string of the molecule is c1ccc(-c2cc(-c3ccc(-n4c5ccccc5c5cc(-c6ccc7c(c6)c6ccccc6n7-c6ccc7ccccc7c6)ccc54)cc3)nc(-c3ccccc3)n2)cc1.c1ccc(-c2cc(-c3ccc(-n4c5ccccc5c5cc(-c6ccc7c(c6)c6ccccc6n7-c6ccccc6)ccc54)c4ccccc34)nc(-c3ccccc3)n2)cc1. The van der Waals surface area contributed by atoms with Crippen molar-refractivity contribution in [1.82, 2.24) is 38.2 Å². The normalized spacial score (nSPS) is 11.7. The third-order valence-electron chi connectivity index (χ3n) is 23.9. The predicted molar refractivity (Wildman–Crippen MR) is 500 cm³/mol. The molecule has 0 atom stereocenters. The fourth-order valence-electron chi connectivity index (χ4n) is 18.2. The molecule has 8 heteroatoms. The highest BCUT2D eigenvalue weighted by molar-refractivity contribution is 6.16. The fourth-order valence-corrected chi connectivity index (χ4v) is 18.2. The molecule has 8 nitrogen and oxygen atoms in total. The molecule has 0 N–H and O–H groups in total. The Labute approximate surface area is 692 Å². The molecular weight excluding hydrogens is 1460 g/mol. The van der Waals surface area contributed by atoms with Crippen molar-refractivity contribution in [3.63, 3.8) is 0 Å². The van der Waals surface area contributed by atoms with E-state index in [4.69, 9.17) is 19.9 Å². The molecule has 0 aliphatic carbocycles. The number of aromatic nitrogens is 8. The first kappa shape index (κ1) is 69.4. The summed E-state index contributed by atoms with van der Waals surface area (Å²) in [7, 11) is 0. The molecule has 0 saturated heterocycles. The first-order valence-corrected chi connectivity index (χ1v) is 40.8. The van der Waals surface area contributed by atoms with Crippen LogP contribution in [0.4, 0.5) is 0 Å². The van der Waals surface area contributed by atoms with Gasteiger partial charge in [0.2, 0.25) is 0 Å². The molecule has 560 valence electrons. The Morgan fingerprint density at radius 3 is 0.900 bits per heavy atom. The highest BCUT2D eigenvalue weighted by Gasteiger charge is 2.23. The number of hydrogen-bond acceptors (Lipinski definition) is 4. The van der Waals surface area contributed by atoms with Crippen LogP contribution in [0.5, 0.6) is 0 Å². The van der Waals surface area contributed by atoms with Crippen LogP contribution in [0.2, 0.25) is 0 Å². The number of rotatable bonds is 12. The topological polar surface area (TPSA) is 71.3 Å². The van der Waals surface area contributed by atoms with Crippen LogP contribution in [0.3, 0.4) is 0 Å². The Morgan fingerprint density at radius 1 is 0.150 bits per heavy atom. The minimum Gasteiger partial charge on any atom is -0.309 e. The summed E-state index contributed by atoms with van der Waals surface area (Å²) in [6, 6.07) is 156. The van der Waals surface area contributed by atoms with Gasteiger partial charge >= 0.3 is 0 Å². The summed E-state index contributed by atoms with van der Waals surface area (Å²) in [5.41, 5.74) is 28.6. The zero-order valence-electron chi connectivity index (χ0n) is 65.1. The van der Waals surface area contributed by atoms with Gasteiger partial charge in [-0.15, -0.1) is 0 Å². The maximum Gasteiger partial charge on any atom is 0.160 e. The van der Waals surface area contributed by atoms with E-state index in [0.717, 1.165) is 84.0 Å². The van der Waals surface area contributed by atoms with Crippen LogP contribution in [0.15, 0.2) is 437 Å². The molecule has 120 heavy (non-hydrogen) atoms. The highest BCUT2D eigenvalue weighted by atomic mass is 15.0. The second-order valence-electron chi connectivity index (χ2n) is 30.8. The Hall–Kier alpha value is -16.2. The van der Waals surface area contributed by atoms with Crippen molar-refractivity contribution in [2.24, 2.45) is 0 Å². The predicted octanol–water partition coefficient (Wildman–Crippen LogP) is 29.0. The lowest BCUT2D eigenvalue weighted by molar-refractivity contribution is 1.17. The monoisotopic (exact) mass is 1530 g/mol. The smallest absolute Gasteiger partial charge is 0.160 e. The summed E-state index contributed by atoms with van der Waals surface area (Å²) in [5.74, 6) is 1.42. The van der Waals surface area contributed by atoms with Gasteiger partial charge in [0.15, 0.2) is 11.6 Å². The Balaban J connectivity index is 0.000000140. The van der Waals surface area contributed by atoms with Crippen molar-refractivity contribution in [1.29, 1.82) is 0 Å². The van der Waals surface area contributed by atoms with Gasteiger partial charge in [-0.05, 0) is 166 Å². The third kappa shape index (κ3) is 12.0. The second kappa shape index (κ2) is 29.0. The Bertz CT molecular complexity index is 8010. The van der Waals surface area contributed by atoms with E-state index in [1.54, 1.807) is 0 Å². The molecule has 18 aromatic carbocycles. The summed E-state index contributed by atoms with van der Waals surface area (Å²) in [5, 5.41) is 14.7. The molecule has 0 bridgehead atoms. The molecule has 6 heterocycles. The van der Waals surface area contributed by atoms with Crippen LogP contribution < -0.4 is 0 Å². The molecular formula is C112H72N8. The quantitative estimate of drug-likeness (QED) is 0.122. The van der Waals surface area contributed by atoms with E-state index in [2.05, 4.69) is 394 Å². The van der Waals surface area contributed by atoms with Crippen LogP contribution in [-0.2, 0) is 0 Å². The van der Waals surface area contributed by atoms with Crippen molar-refractivity contribution < 1.29 is 0 Å². The van der Waals surface area contributed by atoms with Crippen molar-refractivity contribution >= 4 is 109 Å².